The van der Waals surface area contributed by atoms with Crippen LogP contribution in [0.2, 0.25) is 0 Å². The monoisotopic (exact) mass is 366 g/mol. The van der Waals surface area contributed by atoms with Crippen LogP contribution in [0.5, 0.6) is 0 Å². The van der Waals surface area contributed by atoms with E-state index in [4.69, 9.17) is 0 Å². The van der Waals surface area contributed by atoms with Crippen LogP contribution in [0.15, 0.2) is 0 Å². The fraction of sp³-hybridized carbons (Fsp3) is 1.00. The Morgan fingerprint density at radius 2 is 1.19 bits per heavy atom. The van der Waals surface area contributed by atoms with Crippen molar-refractivity contribution >= 4 is 0 Å². The van der Waals surface area contributed by atoms with Crippen LogP contribution in [0.3, 0.4) is 0 Å². The number of unbranched alkanes of at least 4 members (excludes halogenated alkanes) is 10. The molecule has 2 heteroatoms. The zero-order chi connectivity index (χ0) is 18.7. The molecule has 0 radical (unpaired) electrons. The summed E-state index contributed by atoms with van der Waals surface area (Å²) in [6, 6.07) is 0.787. The third kappa shape index (κ3) is 14.0. The van der Waals surface area contributed by atoms with Crippen molar-refractivity contribution in [3.63, 3.8) is 0 Å². The van der Waals surface area contributed by atoms with Gasteiger partial charge in [0.1, 0.15) is 0 Å². The average molecular weight is 367 g/mol. The largest absolute Gasteiger partial charge is 0.314 e. The second-order valence-electron chi connectivity index (χ2n) is 8.67. The molecule has 0 spiro atoms. The molecule has 1 N–H and O–H groups in total. The van der Waals surface area contributed by atoms with Crippen LogP contribution in [0.4, 0.5) is 0 Å². The lowest BCUT2D eigenvalue weighted by Gasteiger charge is -2.20. The molecule has 26 heavy (non-hydrogen) atoms. The fourth-order valence-electron chi connectivity index (χ4n) is 4.29. The number of nitrogens with one attached hydrogen (secondary N) is 1. The highest BCUT2D eigenvalue weighted by molar-refractivity contribution is 4.69. The first-order chi connectivity index (χ1) is 12.9. The molecule has 1 fully saturated rings. The molecule has 1 atom stereocenters. The minimum absolute atomic E-state index is 0.787. The van der Waals surface area contributed by atoms with Crippen molar-refractivity contribution in [3.05, 3.63) is 0 Å². The Morgan fingerprint density at radius 3 is 1.77 bits per heavy atom. The van der Waals surface area contributed by atoms with E-state index in [1.807, 2.05) is 0 Å². The van der Waals surface area contributed by atoms with Crippen molar-refractivity contribution in [2.75, 3.05) is 26.2 Å². The van der Waals surface area contributed by atoms with Gasteiger partial charge >= 0.3 is 0 Å². The van der Waals surface area contributed by atoms with Crippen molar-refractivity contribution in [1.29, 1.82) is 0 Å². The molecule has 2 nitrogen and oxygen atoms in total. The molecule has 0 bridgehead atoms. The van der Waals surface area contributed by atoms with Gasteiger partial charge in [-0.1, -0.05) is 84.5 Å². The van der Waals surface area contributed by atoms with Gasteiger partial charge in [0.25, 0.3) is 0 Å². The zero-order valence-electron chi connectivity index (χ0n) is 18.4. The van der Waals surface area contributed by atoms with Gasteiger partial charge < -0.3 is 10.2 Å². The average Bonchev–Trinajstić information content (AvgIpc) is 3.17. The molecule has 0 aromatic heterocycles. The van der Waals surface area contributed by atoms with Crippen LogP contribution in [0, 0.1) is 0 Å². The molecule has 1 saturated heterocycles. The quantitative estimate of drug-likeness (QED) is 0.249. The molecule has 0 aromatic rings. The minimum atomic E-state index is 0.787. The number of rotatable bonds is 19. The Balaban J connectivity index is 2.07. The Morgan fingerprint density at radius 1 is 0.654 bits per heavy atom. The predicted molar refractivity (Wildman–Crippen MR) is 118 cm³/mol. The summed E-state index contributed by atoms with van der Waals surface area (Å²) in [5.41, 5.74) is 0. The van der Waals surface area contributed by atoms with E-state index in [0.717, 1.165) is 6.04 Å². The molecule has 1 aliphatic heterocycles. The summed E-state index contributed by atoms with van der Waals surface area (Å²) in [5, 5.41) is 3.92. The second-order valence-corrected chi connectivity index (χ2v) is 8.67. The molecular formula is C24H50N2. The number of hydrogen-bond donors (Lipinski definition) is 1. The van der Waals surface area contributed by atoms with Crippen LogP contribution >= 0.6 is 0 Å². The van der Waals surface area contributed by atoms with Gasteiger partial charge in [0.15, 0.2) is 0 Å². The topological polar surface area (TPSA) is 15.3 Å². The van der Waals surface area contributed by atoms with Gasteiger partial charge in [-0.2, -0.15) is 0 Å². The lowest BCUT2D eigenvalue weighted by molar-refractivity contribution is 0.325. The SMILES string of the molecule is CCCCCCCCC(CCCCCCC)NCCCCN1CCCC1. The Bertz CT molecular complexity index is 273. The van der Waals surface area contributed by atoms with Gasteiger partial charge in [-0.3, -0.25) is 0 Å². The Kier molecular flexibility index (Phi) is 16.9. The van der Waals surface area contributed by atoms with E-state index in [1.165, 1.54) is 135 Å². The first-order valence-electron chi connectivity index (χ1n) is 12.3. The molecule has 1 aliphatic rings. The van der Waals surface area contributed by atoms with E-state index in [9.17, 15) is 0 Å². The van der Waals surface area contributed by atoms with Crippen molar-refractivity contribution in [1.82, 2.24) is 10.2 Å². The first kappa shape index (κ1) is 24.0. The summed E-state index contributed by atoms with van der Waals surface area (Å²) >= 11 is 0. The van der Waals surface area contributed by atoms with E-state index in [0.29, 0.717) is 0 Å². The van der Waals surface area contributed by atoms with E-state index in [-0.39, 0.29) is 0 Å². The molecule has 1 heterocycles. The normalized spacial score (nSPS) is 16.4. The number of nitrogens with zero attached hydrogens (tertiary/aromatic N) is 1. The Labute approximate surface area is 165 Å². The van der Waals surface area contributed by atoms with Crippen molar-refractivity contribution in [2.24, 2.45) is 0 Å². The summed E-state index contributed by atoms with van der Waals surface area (Å²) in [5.74, 6) is 0. The highest BCUT2D eigenvalue weighted by Gasteiger charge is 2.11. The predicted octanol–water partition coefficient (Wildman–Crippen LogP) is 6.93. The van der Waals surface area contributed by atoms with Crippen molar-refractivity contribution < 1.29 is 0 Å². The maximum atomic E-state index is 3.92. The van der Waals surface area contributed by atoms with Crippen LogP contribution in [-0.2, 0) is 0 Å². The van der Waals surface area contributed by atoms with Crippen LogP contribution in [-0.4, -0.2) is 37.1 Å². The van der Waals surface area contributed by atoms with E-state index in [2.05, 4.69) is 24.1 Å². The summed E-state index contributed by atoms with van der Waals surface area (Å²) in [6.07, 6.45) is 24.1. The summed E-state index contributed by atoms with van der Waals surface area (Å²) < 4.78 is 0. The maximum Gasteiger partial charge on any atom is 0.00670 e. The second kappa shape index (κ2) is 18.3. The zero-order valence-corrected chi connectivity index (χ0v) is 18.4. The molecule has 0 amide bonds. The van der Waals surface area contributed by atoms with Gasteiger partial charge in [-0.15, -0.1) is 0 Å². The minimum Gasteiger partial charge on any atom is -0.314 e. The van der Waals surface area contributed by atoms with Gasteiger partial charge in [-0.05, 0) is 64.7 Å². The molecule has 1 unspecified atom stereocenters. The molecule has 0 aliphatic carbocycles. The van der Waals surface area contributed by atoms with Crippen molar-refractivity contribution in [2.45, 2.75) is 129 Å². The Hall–Kier alpha value is -0.0800. The fourth-order valence-corrected chi connectivity index (χ4v) is 4.29. The van der Waals surface area contributed by atoms with Crippen LogP contribution in [0.1, 0.15) is 123 Å². The van der Waals surface area contributed by atoms with Gasteiger partial charge in [0.05, 0.1) is 0 Å². The third-order valence-corrected chi connectivity index (χ3v) is 6.10. The summed E-state index contributed by atoms with van der Waals surface area (Å²) in [7, 11) is 0. The highest BCUT2D eigenvalue weighted by Crippen LogP contribution is 2.14. The van der Waals surface area contributed by atoms with Gasteiger partial charge in [-0.25, -0.2) is 0 Å². The molecule has 0 aromatic carbocycles. The first-order valence-corrected chi connectivity index (χ1v) is 12.3. The molecule has 1 rings (SSSR count). The van der Waals surface area contributed by atoms with Gasteiger partial charge in [0.2, 0.25) is 0 Å². The maximum absolute atomic E-state index is 3.92. The molecular weight excluding hydrogens is 316 g/mol. The lowest BCUT2D eigenvalue weighted by Crippen LogP contribution is -2.30. The molecule has 0 saturated carbocycles. The summed E-state index contributed by atoms with van der Waals surface area (Å²) in [4.78, 5) is 2.65. The van der Waals surface area contributed by atoms with E-state index < -0.39 is 0 Å². The van der Waals surface area contributed by atoms with E-state index >= 15 is 0 Å². The van der Waals surface area contributed by atoms with Crippen LogP contribution in [0.25, 0.3) is 0 Å². The van der Waals surface area contributed by atoms with Crippen LogP contribution < -0.4 is 5.32 Å². The third-order valence-electron chi connectivity index (χ3n) is 6.10. The van der Waals surface area contributed by atoms with Gasteiger partial charge in [0, 0.05) is 6.04 Å². The summed E-state index contributed by atoms with van der Waals surface area (Å²) in [6.45, 7) is 9.90. The lowest BCUT2D eigenvalue weighted by atomic mass is 10.00. The number of hydrogen-bond acceptors (Lipinski definition) is 2. The smallest absolute Gasteiger partial charge is 0.00670 e. The van der Waals surface area contributed by atoms with Crippen molar-refractivity contribution in [3.8, 4) is 0 Å². The number of likely N-dealkylation sites (tertiary alicyclic amines) is 1. The molecule has 156 valence electrons. The standard InChI is InChI=1S/C24H50N2/c1-3-5-7-9-11-13-19-24(18-12-10-8-6-4-2)25-20-14-15-21-26-22-16-17-23-26/h24-25H,3-23H2,1-2H3. The van der Waals surface area contributed by atoms with E-state index in [1.54, 1.807) is 0 Å². The highest BCUT2D eigenvalue weighted by atomic mass is 15.1.